The lowest BCUT2D eigenvalue weighted by atomic mass is 9.92. The number of hydrogen-bond acceptors (Lipinski definition) is 3. The van der Waals surface area contributed by atoms with Gasteiger partial charge in [0.1, 0.15) is 0 Å². The summed E-state index contributed by atoms with van der Waals surface area (Å²) in [6, 6.07) is 12.9. The zero-order valence-corrected chi connectivity index (χ0v) is 15.3. The molecule has 0 amide bonds. The summed E-state index contributed by atoms with van der Waals surface area (Å²) in [5.41, 5.74) is 4.94. The normalized spacial score (nSPS) is 17.6. The van der Waals surface area contributed by atoms with Crippen molar-refractivity contribution in [1.29, 1.82) is 0 Å². The molecule has 1 aliphatic carbocycles. The van der Waals surface area contributed by atoms with Crippen molar-refractivity contribution in [3.05, 3.63) is 59.5 Å². The molecule has 0 radical (unpaired) electrons. The van der Waals surface area contributed by atoms with Gasteiger partial charge in [-0.1, -0.05) is 24.3 Å². The summed E-state index contributed by atoms with van der Waals surface area (Å²) in [6.07, 6.45) is 5.55. The summed E-state index contributed by atoms with van der Waals surface area (Å²) in [5, 5.41) is 9.58. The fraction of sp³-hybridized carbons (Fsp3) is 0.429. The molecule has 2 heterocycles. The number of pyridine rings is 1. The Bertz CT molecular complexity index is 888. The van der Waals surface area contributed by atoms with E-state index in [4.69, 9.17) is 4.98 Å². The molecular weight excluding hydrogens is 308 g/mol. The van der Waals surface area contributed by atoms with Crippen molar-refractivity contribution < 1.29 is 0 Å². The van der Waals surface area contributed by atoms with Crippen molar-refractivity contribution in [2.45, 2.75) is 58.2 Å². The Hall–Kier alpha value is -2.20. The van der Waals surface area contributed by atoms with Crippen LogP contribution >= 0.6 is 0 Å². The first-order valence-electron chi connectivity index (χ1n) is 9.18. The number of aromatic nitrogens is 3. The molecule has 0 fully saturated rings. The third-order valence-electron chi connectivity index (χ3n) is 5.00. The Morgan fingerprint density at radius 1 is 1.16 bits per heavy atom. The molecule has 1 atom stereocenters. The summed E-state index contributed by atoms with van der Waals surface area (Å²) in [4.78, 5) is 4.78. The molecule has 2 aromatic heterocycles. The monoisotopic (exact) mass is 334 g/mol. The molecule has 25 heavy (non-hydrogen) atoms. The molecule has 4 nitrogen and oxygen atoms in total. The smallest absolute Gasteiger partial charge is 0.0705 e. The molecule has 130 valence electrons. The van der Waals surface area contributed by atoms with Gasteiger partial charge < -0.3 is 5.32 Å². The van der Waals surface area contributed by atoms with Gasteiger partial charge in [-0.15, -0.1) is 0 Å². The van der Waals surface area contributed by atoms with E-state index in [0.29, 0.717) is 6.04 Å². The fourth-order valence-corrected chi connectivity index (χ4v) is 3.78. The SMILES string of the molecule is CC(C)(C)n1ncc2c1CCC[C@H]2NCc1ccc2ccccc2n1. The molecule has 1 N–H and O–H groups in total. The Balaban J connectivity index is 1.53. The van der Waals surface area contributed by atoms with Crippen LogP contribution in [0.25, 0.3) is 10.9 Å². The Morgan fingerprint density at radius 2 is 2.00 bits per heavy atom. The Kier molecular flexibility index (Phi) is 4.08. The van der Waals surface area contributed by atoms with Crippen LogP contribution in [0.1, 0.15) is 56.6 Å². The van der Waals surface area contributed by atoms with Crippen LogP contribution in [0.3, 0.4) is 0 Å². The van der Waals surface area contributed by atoms with Crippen molar-refractivity contribution >= 4 is 10.9 Å². The van der Waals surface area contributed by atoms with E-state index in [-0.39, 0.29) is 5.54 Å². The quantitative estimate of drug-likeness (QED) is 0.774. The molecular formula is C21H26N4. The summed E-state index contributed by atoms with van der Waals surface area (Å²) >= 11 is 0. The lowest BCUT2D eigenvalue weighted by molar-refractivity contribution is 0.334. The van der Waals surface area contributed by atoms with Gasteiger partial charge in [0, 0.05) is 29.2 Å². The van der Waals surface area contributed by atoms with E-state index in [1.165, 1.54) is 23.1 Å². The molecule has 4 rings (SSSR count). The second-order valence-corrected chi connectivity index (χ2v) is 7.95. The van der Waals surface area contributed by atoms with E-state index in [1.54, 1.807) is 0 Å². The van der Waals surface area contributed by atoms with E-state index >= 15 is 0 Å². The molecule has 0 saturated carbocycles. The lowest BCUT2D eigenvalue weighted by Crippen LogP contribution is -2.29. The molecule has 0 unspecified atom stereocenters. The molecule has 3 aromatic rings. The number of nitrogens with one attached hydrogen (secondary N) is 1. The molecule has 1 aliphatic rings. The maximum atomic E-state index is 4.78. The number of rotatable bonds is 3. The maximum absolute atomic E-state index is 4.78. The Labute approximate surface area is 149 Å². The third-order valence-corrected chi connectivity index (χ3v) is 5.00. The van der Waals surface area contributed by atoms with E-state index < -0.39 is 0 Å². The predicted octanol–water partition coefficient (Wildman–Crippen LogP) is 4.35. The molecule has 1 aromatic carbocycles. The van der Waals surface area contributed by atoms with Crippen molar-refractivity contribution in [1.82, 2.24) is 20.1 Å². The standard InChI is InChI=1S/C21H26N4/c1-21(2,3)25-20-10-6-9-19(17(20)14-23-25)22-13-16-12-11-15-7-4-5-8-18(15)24-16/h4-5,7-8,11-12,14,19,22H,6,9-10,13H2,1-3H3/t19-/m1/s1. The minimum Gasteiger partial charge on any atom is -0.304 e. The van der Waals surface area contributed by atoms with Crippen LogP contribution in [0.5, 0.6) is 0 Å². The zero-order valence-electron chi connectivity index (χ0n) is 15.3. The van der Waals surface area contributed by atoms with Crippen molar-refractivity contribution in [2.75, 3.05) is 0 Å². The summed E-state index contributed by atoms with van der Waals surface area (Å²) < 4.78 is 2.20. The highest BCUT2D eigenvalue weighted by Gasteiger charge is 2.27. The molecule has 0 aliphatic heterocycles. The summed E-state index contributed by atoms with van der Waals surface area (Å²) in [6.45, 7) is 7.44. The topological polar surface area (TPSA) is 42.7 Å². The van der Waals surface area contributed by atoms with Crippen molar-refractivity contribution in [3.63, 3.8) is 0 Å². The fourth-order valence-electron chi connectivity index (χ4n) is 3.78. The summed E-state index contributed by atoms with van der Waals surface area (Å²) in [7, 11) is 0. The van der Waals surface area contributed by atoms with Crippen LogP contribution in [0.4, 0.5) is 0 Å². The van der Waals surface area contributed by atoms with E-state index in [0.717, 1.165) is 30.6 Å². The average Bonchev–Trinajstić information content (AvgIpc) is 3.05. The first kappa shape index (κ1) is 16.3. The largest absolute Gasteiger partial charge is 0.304 e. The van der Waals surface area contributed by atoms with Gasteiger partial charge >= 0.3 is 0 Å². The van der Waals surface area contributed by atoms with Gasteiger partial charge in [0.25, 0.3) is 0 Å². The Morgan fingerprint density at radius 3 is 2.84 bits per heavy atom. The third kappa shape index (κ3) is 3.19. The highest BCUT2D eigenvalue weighted by Crippen LogP contribution is 2.32. The van der Waals surface area contributed by atoms with Crippen LogP contribution in [-0.2, 0) is 18.5 Å². The van der Waals surface area contributed by atoms with Gasteiger partial charge in [-0.25, -0.2) is 0 Å². The lowest BCUT2D eigenvalue weighted by Gasteiger charge is -2.28. The highest BCUT2D eigenvalue weighted by atomic mass is 15.3. The minimum absolute atomic E-state index is 0.0371. The van der Waals surface area contributed by atoms with Gasteiger partial charge in [0.15, 0.2) is 0 Å². The number of hydrogen-bond donors (Lipinski definition) is 1. The molecule has 4 heteroatoms. The number of para-hydroxylation sites is 1. The van der Waals surface area contributed by atoms with Gasteiger partial charge in [-0.05, 0) is 52.2 Å². The van der Waals surface area contributed by atoms with Crippen LogP contribution in [0, 0.1) is 0 Å². The van der Waals surface area contributed by atoms with Gasteiger partial charge in [-0.3, -0.25) is 9.67 Å². The molecule has 0 spiro atoms. The predicted molar refractivity (Wildman–Crippen MR) is 101 cm³/mol. The maximum Gasteiger partial charge on any atom is 0.0705 e. The average molecular weight is 334 g/mol. The van der Waals surface area contributed by atoms with E-state index in [2.05, 4.69) is 72.4 Å². The van der Waals surface area contributed by atoms with Crippen LogP contribution in [-0.4, -0.2) is 14.8 Å². The second kappa shape index (κ2) is 6.26. The van der Waals surface area contributed by atoms with E-state index in [1.807, 2.05) is 6.07 Å². The number of fused-ring (bicyclic) bond motifs is 2. The number of benzene rings is 1. The van der Waals surface area contributed by atoms with Gasteiger partial charge in [-0.2, -0.15) is 5.10 Å². The van der Waals surface area contributed by atoms with Crippen LogP contribution in [0.15, 0.2) is 42.6 Å². The minimum atomic E-state index is 0.0371. The van der Waals surface area contributed by atoms with Gasteiger partial charge in [0.05, 0.1) is 22.9 Å². The van der Waals surface area contributed by atoms with Crippen LogP contribution < -0.4 is 5.32 Å². The zero-order chi connectivity index (χ0) is 17.4. The molecule has 0 saturated heterocycles. The van der Waals surface area contributed by atoms with Gasteiger partial charge in [0.2, 0.25) is 0 Å². The molecule has 0 bridgehead atoms. The first-order valence-corrected chi connectivity index (χ1v) is 9.18. The first-order chi connectivity index (χ1) is 12.0. The van der Waals surface area contributed by atoms with Crippen LogP contribution in [0.2, 0.25) is 0 Å². The van der Waals surface area contributed by atoms with E-state index in [9.17, 15) is 0 Å². The second-order valence-electron chi connectivity index (χ2n) is 7.95. The van der Waals surface area contributed by atoms with Crippen molar-refractivity contribution in [3.8, 4) is 0 Å². The number of nitrogens with zero attached hydrogens (tertiary/aromatic N) is 3. The van der Waals surface area contributed by atoms with Crippen molar-refractivity contribution in [2.24, 2.45) is 0 Å². The summed E-state index contributed by atoms with van der Waals surface area (Å²) in [5.74, 6) is 0. The highest BCUT2D eigenvalue weighted by molar-refractivity contribution is 5.78.